The maximum atomic E-state index is 13.3. The molecule has 0 radical (unpaired) electrons. The van der Waals surface area contributed by atoms with Crippen LogP contribution in [-0.4, -0.2) is 48.8 Å². The van der Waals surface area contributed by atoms with Crippen molar-refractivity contribution in [3.8, 4) is 0 Å². The van der Waals surface area contributed by atoms with Gasteiger partial charge in [-0.1, -0.05) is 30.3 Å². The van der Waals surface area contributed by atoms with Crippen LogP contribution in [0.25, 0.3) is 10.9 Å². The van der Waals surface area contributed by atoms with Crippen LogP contribution in [0, 0.1) is 0 Å². The number of fused-ring (bicyclic) bond motifs is 3. The summed E-state index contributed by atoms with van der Waals surface area (Å²) >= 11 is 0. The van der Waals surface area contributed by atoms with E-state index in [4.69, 9.17) is 0 Å². The Morgan fingerprint density at radius 1 is 0.897 bits per heavy atom. The summed E-state index contributed by atoms with van der Waals surface area (Å²) < 4.78 is 28.2. The number of hydrogen-bond donors (Lipinski definition) is 1. The van der Waals surface area contributed by atoms with Crippen molar-refractivity contribution in [2.45, 2.75) is 37.1 Å². The van der Waals surface area contributed by atoms with Crippen LogP contribution in [0.5, 0.6) is 0 Å². The van der Waals surface area contributed by atoms with Gasteiger partial charge in [-0.25, -0.2) is 8.42 Å². The first-order valence-electron chi connectivity index (χ1n) is 10.5. The zero-order chi connectivity index (χ0) is 19.8. The van der Waals surface area contributed by atoms with E-state index in [-0.39, 0.29) is 0 Å². The van der Waals surface area contributed by atoms with Crippen LogP contribution in [0.1, 0.15) is 29.7 Å². The molecule has 0 spiro atoms. The van der Waals surface area contributed by atoms with Crippen molar-refractivity contribution in [2.75, 3.05) is 26.2 Å². The standard InChI is InChI=1S/C23H27N3O2S/c27-29(28,26-14-12-25(13-15-26)17-18-6-2-1-3-7-18)19-10-11-23-21(16-19)20-8-4-5-9-22(20)24-23/h1-3,6-7,10-11,16,24H,4-5,8-9,12-15,17H2. The maximum Gasteiger partial charge on any atom is 0.243 e. The van der Waals surface area contributed by atoms with Crippen molar-refractivity contribution < 1.29 is 8.42 Å². The molecule has 1 N–H and O–H groups in total. The van der Waals surface area contributed by atoms with Gasteiger partial charge in [0.1, 0.15) is 0 Å². The molecule has 0 atom stereocenters. The Morgan fingerprint density at radius 3 is 2.45 bits per heavy atom. The molecular formula is C23H27N3O2S. The summed E-state index contributed by atoms with van der Waals surface area (Å²) in [5.41, 5.74) is 4.93. The minimum atomic E-state index is -3.46. The Morgan fingerprint density at radius 2 is 1.66 bits per heavy atom. The highest BCUT2D eigenvalue weighted by molar-refractivity contribution is 7.89. The third-order valence-electron chi connectivity index (χ3n) is 6.29. The SMILES string of the molecule is O=S(=O)(c1ccc2[nH]c3c(c2c1)CCCC3)N1CCN(Cc2ccccc2)CC1. The number of nitrogens with one attached hydrogen (secondary N) is 1. The molecule has 2 heterocycles. The third-order valence-corrected chi connectivity index (χ3v) is 8.18. The van der Waals surface area contributed by atoms with Crippen LogP contribution in [-0.2, 0) is 29.4 Å². The van der Waals surface area contributed by atoms with Gasteiger partial charge in [-0.15, -0.1) is 0 Å². The molecule has 29 heavy (non-hydrogen) atoms. The van der Waals surface area contributed by atoms with Crippen molar-refractivity contribution in [3.05, 3.63) is 65.4 Å². The van der Waals surface area contributed by atoms with E-state index in [9.17, 15) is 8.42 Å². The van der Waals surface area contributed by atoms with Crippen LogP contribution in [0.3, 0.4) is 0 Å². The summed E-state index contributed by atoms with van der Waals surface area (Å²) in [6.45, 7) is 3.47. The average molecular weight is 410 g/mol. The molecule has 0 unspecified atom stereocenters. The number of nitrogens with zero attached hydrogens (tertiary/aromatic N) is 2. The van der Waals surface area contributed by atoms with Gasteiger partial charge < -0.3 is 4.98 Å². The maximum absolute atomic E-state index is 13.3. The molecule has 2 aromatic carbocycles. The number of H-pyrrole nitrogens is 1. The highest BCUT2D eigenvalue weighted by atomic mass is 32.2. The van der Waals surface area contributed by atoms with E-state index in [0.29, 0.717) is 18.0 Å². The third kappa shape index (κ3) is 3.61. The van der Waals surface area contributed by atoms with E-state index >= 15 is 0 Å². The van der Waals surface area contributed by atoms with E-state index in [2.05, 4.69) is 22.0 Å². The van der Waals surface area contributed by atoms with Crippen LogP contribution < -0.4 is 0 Å². The van der Waals surface area contributed by atoms with Crippen LogP contribution in [0.4, 0.5) is 0 Å². The van der Waals surface area contributed by atoms with Gasteiger partial charge in [0.2, 0.25) is 10.0 Å². The molecule has 2 aliphatic rings. The molecule has 1 aromatic heterocycles. The van der Waals surface area contributed by atoms with Gasteiger partial charge in [-0.05, 0) is 55.0 Å². The lowest BCUT2D eigenvalue weighted by molar-refractivity contribution is 0.181. The number of sulfonamides is 1. The number of hydrogen-bond acceptors (Lipinski definition) is 3. The Balaban J connectivity index is 1.33. The molecule has 3 aromatic rings. The lowest BCUT2D eigenvalue weighted by atomic mass is 9.96. The largest absolute Gasteiger partial charge is 0.358 e. The van der Waals surface area contributed by atoms with Gasteiger partial charge in [0.15, 0.2) is 0 Å². The van der Waals surface area contributed by atoms with Crippen molar-refractivity contribution >= 4 is 20.9 Å². The topological polar surface area (TPSA) is 56.4 Å². The molecular weight excluding hydrogens is 382 g/mol. The molecule has 5 nitrogen and oxygen atoms in total. The van der Waals surface area contributed by atoms with Crippen LogP contribution in [0.15, 0.2) is 53.4 Å². The summed E-state index contributed by atoms with van der Waals surface area (Å²) in [5, 5.41) is 1.09. The molecule has 152 valence electrons. The number of aromatic nitrogens is 1. The predicted octanol–water partition coefficient (Wildman–Crippen LogP) is 3.55. The zero-order valence-electron chi connectivity index (χ0n) is 16.6. The Hall–Kier alpha value is -2.15. The zero-order valence-corrected chi connectivity index (χ0v) is 17.4. The van der Waals surface area contributed by atoms with Gasteiger partial charge in [-0.3, -0.25) is 4.90 Å². The predicted molar refractivity (Wildman–Crippen MR) is 115 cm³/mol. The van der Waals surface area contributed by atoms with E-state index < -0.39 is 10.0 Å². The van der Waals surface area contributed by atoms with Crippen molar-refractivity contribution in [1.29, 1.82) is 0 Å². The molecule has 5 rings (SSSR count). The first kappa shape index (κ1) is 18.9. The van der Waals surface area contributed by atoms with E-state index in [0.717, 1.165) is 43.4 Å². The monoisotopic (exact) mass is 409 g/mol. The smallest absolute Gasteiger partial charge is 0.243 e. The molecule has 0 amide bonds. The van der Waals surface area contributed by atoms with Gasteiger partial charge in [0.25, 0.3) is 0 Å². The van der Waals surface area contributed by atoms with Gasteiger partial charge in [-0.2, -0.15) is 4.31 Å². The average Bonchev–Trinajstić information content (AvgIpc) is 3.13. The second kappa shape index (κ2) is 7.59. The van der Waals surface area contributed by atoms with Gasteiger partial charge >= 0.3 is 0 Å². The van der Waals surface area contributed by atoms with Crippen molar-refractivity contribution in [3.63, 3.8) is 0 Å². The minimum Gasteiger partial charge on any atom is -0.358 e. The van der Waals surface area contributed by atoms with Crippen LogP contribution in [0.2, 0.25) is 0 Å². The summed E-state index contributed by atoms with van der Waals surface area (Å²) in [7, 11) is -3.46. The number of aryl methyl sites for hydroxylation is 2. The molecule has 6 heteroatoms. The summed E-state index contributed by atoms with van der Waals surface area (Å²) in [6, 6.07) is 15.9. The number of aromatic amines is 1. The minimum absolute atomic E-state index is 0.425. The fourth-order valence-corrected chi connectivity index (χ4v) is 6.11. The van der Waals surface area contributed by atoms with E-state index in [1.807, 2.05) is 30.3 Å². The Bertz CT molecular complexity index is 1110. The van der Waals surface area contributed by atoms with Crippen molar-refractivity contribution in [1.82, 2.24) is 14.2 Å². The highest BCUT2D eigenvalue weighted by Gasteiger charge is 2.29. The quantitative estimate of drug-likeness (QED) is 0.717. The van der Waals surface area contributed by atoms with Gasteiger partial charge in [0.05, 0.1) is 4.90 Å². The van der Waals surface area contributed by atoms with Crippen molar-refractivity contribution in [2.24, 2.45) is 0 Å². The summed E-state index contributed by atoms with van der Waals surface area (Å²) in [5.74, 6) is 0. The molecule has 0 saturated carbocycles. The Labute approximate surface area is 172 Å². The number of rotatable bonds is 4. The number of benzene rings is 2. The lowest BCUT2D eigenvalue weighted by Gasteiger charge is -2.34. The van der Waals surface area contributed by atoms with E-state index in [1.54, 1.807) is 10.4 Å². The fraction of sp³-hybridized carbons (Fsp3) is 0.391. The summed E-state index contributed by atoms with van der Waals surface area (Å²) in [6.07, 6.45) is 4.49. The van der Waals surface area contributed by atoms with E-state index in [1.165, 1.54) is 29.7 Å². The highest BCUT2D eigenvalue weighted by Crippen LogP contribution is 2.31. The first-order valence-corrected chi connectivity index (χ1v) is 12.0. The second-order valence-electron chi connectivity index (χ2n) is 8.16. The normalized spacial score (nSPS) is 18.8. The molecule has 1 fully saturated rings. The van der Waals surface area contributed by atoms with Gasteiger partial charge in [0, 0.05) is 49.3 Å². The second-order valence-corrected chi connectivity index (χ2v) is 10.1. The summed E-state index contributed by atoms with van der Waals surface area (Å²) in [4.78, 5) is 6.24. The molecule has 1 aliphatic carbocycles. The fourth-order valence-electron chi connectivity index (χ4n) is 4.66. The first-order chi connectivity index (χ1) is 14.1. The lowest BCUT2D eigenvalue weighted by Crippen LogP contribution is -2.48. The number of piperazine rings is 1. The Kier molecular flexibility index (Phi) is 4.94. The molecule has 0 bridgehead atoms. The van der Waals surface area contributed by atoms with Crippen LogP contribution >= 0.6 is 0 Å². The molecule has 1 aliphatic heterocycles. The molecule has 1 saturated heterocycles.